The topological polar surface area (TPSA) is 59.4 Å². The van der Waals surface area contributed by atoms with Crippen LogP contribution in [0.4, 0.5) is 24.5 Å². The lowest BCUT2D eigenvalue weighted by Gasteiger charge is -2.36. The number of piperazine rings is 1. The minimum atomic E-state index is -4.35. The van der Waals surface area contributed by atoms with E-state index in [1.807, 2.05) is 11.0 Å². The second-order valence-corrected chi connectivity index (χ2v) is 6.83. The molecule has 0 atom stereocenters. The number of amides is 1. The molecule has 1 aliphatic heterocycles. The highest BCUT2D eigenvalue weighted by Gasteiger charge is 2.31. The number of benzene rings is 2. The van der Waals surface area contributed by atoms with E-state index in [1.165, 1.54) is 12.1 Å². The van der Waals surface area contributed by atoms with Crippen molar-refractivity contribution in [2.75, 3.05) is 42.9 Å². The van der Waals surface area contributed by atoms with Crippen LogP contribution in [0.1, 0.15) is 17.5 Å². The summed E-state index contributed by atoms with van der Waals surface area (Å²) in [5.41, 5.74) is 0.821. The van der Waals surface area contributed by atoms with Gasteiger partial charge in [-0.1, -0.05) is 18.2 Å². The summed E-state index contributed by atoms with van der Waals surface area (Å²) in [6.45, 7) is 3.08. The summed E-state index contributed by atoms with van der Waals surface area (Å²) < 4.78 is 38.7. The van der Waals surface area contributed by atoms with E-state index in [2.05, 4.69) is 10.2 Å². The minimum Gasteiger partial charge on any atom is -0.369 e. The number of para-hydroxylation sites is 1. The molecular weight excluding hydrogens is 381 g/mol. The van der Waals surface area contributed by atoms with Gasteiger partial charge in [0.25, 0.3) is 0 Å². The Morgan fingerprint density at radius 3 is 2.48 bits per heavy atom. The van der Waals surface area contributed by atoms with Gasteiger partial charge in [-0.15, -0.1) is 0 Å². The Morgan fingerprint density at radius 2 is 1.79 bits per heavy atom. The number of nitriles is 1. The number of carbonyl (C=O) groups excluding carboxylic acids is 1. The van der Waals surface area contributed by atoms with Crippen LogP contribution in [-0.2, 0) is 11.0 Å². The lowest BCUT2D eigenvalue weighted by Crippen LogP contribution is -2.47. The fourth-order valence-electron chi connectivity index (χ4n) is 3.27. The van der Waals surface area contributed by atoms with Crippen molar-refractivity contribution in [1.82, 2.24) is 4.90 Å². The summed E-state index contributed by atoms with van der Waals surface area (Å²) in [4.78, 5) is 16.2. The zero-order chi connectivity index (χ0) is 20.9. The molecule has 0 aromatic heterocycles. The maximum absolute atomic E-state index is 12.9. The molecule has 0 aliphatic carbocycles. The summed E-state index contributed by atoms with van der Waals surface area (Å²) in [5.74, 6) is -0.173. The number of hydrogen-bond acceptors (Lipinski definition) is 4. The third kappa shape index (κ3) is 5.48. The maximum Gasteiger partial charge on any atom is 0.416 e. The first-order valence-electron chi connectivity index (χ1n) is 9.30. The first-order chi connectivity index (χ1) is 13.9. The van der Waals surface area contributed by atoms with Crippen molar-refractivity contribution in [3.8, 4) is 6.07 Å². The van der Waals surface area contributed by atoms with Gasteiger partial charge in [0.15, 0.2) is 0 Å². The van der Waals surface area contributed by atoms with Crippen LogP contribution in [-0.4, -0.2) is 43.5 Å². The molecule has 1 heterocycles. The fourth-order valence-corrected chi connectivity index (χ4v) is 3.27. The summed E-state index contributed by atoms with van der Waals surface area (Å²) in [6, 6.07) is 14.2. The predicted octanol–water partition coefficient (Wildman–Crippen LogP) is 3.73. The van der Waals surface area contributed by atoms with Crippen LogP contribution in [0.2, 0.25) is 0 Å². The van der Waals surface area contributed by atoms with Crippen molar-refractivity contribution in [3.63, 3.8) is 0 Å². The zero-order valence-corrected chi connectivity index (χ0v) is 15.7. The van der Waals surface area contributed by atoms with Crippen LogP contribution in [0.15, 0.2) is 48.5 Å². The molecule has 1 fully saturated rings. The third-order valence-corrected chi connectivity index (χ3v) is 4.89. The standard InChI is InChI=1S/C21H21F3N4O/c22-21(23,24)17-5-3-6-18(14-17)28-12-10-27(11-13-28)9-8-20(29)26-19-7-2-1-4-16(19)15-25/h1-7,14H,8-13H2,(H,26,29). The normalized spacial score (nSPS) is 15.0. The van der Waals surface area contributed by atoms with Gasteiger partial charge < -0.3 is 10.2 Å². The first kappa shape index (κ1) is 20.7. The number of carbonyl (C=O) groups is 1. The third-order valence-electron chi connectivity index (χ3n) is 4.89. The van der Waals surface area contributed by atoms with Crippen molar-refractivity contribution < 1.29 is 18.0 Å². The van der Waals surface area contributed by atoms with Gasteiger partial charge in [-0.05, 0) is 30.3 Å². The van der Waals surface area contributed by atoms with E-state index in [1.54, 1.807) is 30.3 Å². The quantitative estimate of drug-likeness (QED) is 0.828. The molecule has 1 aliphatic rings. The average Bonchev–Trinajstić information content (AvgIpc) is 2.72. The number of anilines is 2. The van der Waals surface area contributed by atoms with E-state index in [4.69, 9.17) is 5.26 Å². The molecule has 0 unspecified atom stereocenters. The summed E-state index contributed by atoms with van der Waals surface area (Å²) >= 11 is 0. The van der Waals surface area contributed by atoms with Crippen molar-refractivity contribution in [2.45, 2.75) is 12.6 Å². The molecule has 0 radical (unpaired) electrons. The second kappa shape index (κ2) is 8.97. The molecule has 0 spiro atoms. The minimum absolute atomic E-state index is 0.173. The lowest BCUT2D eigenvalue weighted by atomic mass is 10.1. The van der Waals surface area contributed by atoms with E-state index in [0.717, 1.165) is 6.07 Å². The highest BCUT2D eigenvalue weighted by Crippen LogP contribution is 2.31. The molecule has 0 saturated carbocycles. The van der Waals surface area contributed by atoms with E-state index in [9.17, 15) is 18.0 Å². The van der Waals surface area contributed by atoms with Gasteiger partial charge in [0.2, 0.25) is 5.91 Å². The molecule has 29 heavy (non-hydrogen) atoms. The van der Waals surface area contributed by atoms with Gasteiger partial charge in [-0.2, -0.15) is 18.4 Å². The maximum atomic E-state index is 12.9. The number of nitrogens with one attached hydrogen (secondary N) is 1. The molecule has 2 aromatic rings. The van der Waals surface area contributed by atoms with Crippen LogP contribution >= 0.6 is 0 Å². The molecule has 1 N–H and O–H groups in total. The number of nitrogens with zero attached hydrogens (tertiary/aromatic N) is 3. The van der Waals surface area contributed by atoms with Crippen LogP contribution < -0.4 is 10.2 Å². The second-order valence-electron chi connectivity index (χ2n) is 6.83. The lowest BCUT2D eigenvalue weighted by molar-refractivity contribution is -0.137. The number of hydrogen-bond donors (Lipinski definition) is 1. The molecule has 152 valence electrons. The van der Waals surface area contributed by atoms with E-state index in [-0.39, 0.29) is 12.3 Å². The molecule has 0 bridgehead atoms. The molecule has 3 rings (SSSR count). The van der Waals surface area contributed by atoms with E-state index in [0.29, 0.717) is 49.7 Å². The molecule has 8 heteroatoms. The van der Waals surface area contributed by atoms with Crippen LogP contribution in [0.5, 0.6) is 0 Å². The number of halogens is 3. The van der Waals surface area contributed by atoms with Gasteiger partial charge >= 0.3 is 6.18 Å². The van der Waals surface area contributed by atoms with Crippen molar-refractivity contribution in [2.24, 2.45) is 0 Å². The fraction of sp³-hybridized carbons (Fsp3) is 0.333. The van der Waals surface area contributed by atoms with Gasteiger partial charge in [0, 0.05) is 44.8 Å². The van der Waals surface area contributed by atoms with Crippen molar-refractivity contribution >= 4 is 17.3 Å². The number of rotatable bonds is 5. The monoisotopic (exact) mass is 402 g/mol. The molecule has 5 nitrogen and oxygen atoms in total. The van der Waals surface area contributed by atoms with Crippen LogP contribution in [0, 0.1) is 11.3 Å². The van der Waals surface area contributed by atoms with Gasteiger partial charge in [-0.3, -0.25) is 9.69 Å². The number of alkyl halides is 3. The van der Waals surface area contributed by atoms with Crippen LogP contribution in [0.3, 0.4) is 0 Å². The largest absolute Gasteiger partial charge is 0.416 e. The van der Waals surface area contributed by atoms with Crippen LogP contribution in [0.25, 0.3) is 0 Å². The molecule has 1 saturated heterocycles. The Labute approximate surface area is 167 Å². The highest BCUT2D eigenvalue weighted by atomic mass is 19.4. The van der Waals surface area contributed by atoms with Gasteiger partial charge in [-0.25, -0.2) is 0 Å². The van der Waals surface area contributed by atoms with Crippen molar-refractivity contribution in [1.29, 1.82) is 5.26 Å². The predicted molar refractivity (Wildman–Crippen MR) is 105 cm³/mol. The van der Waals surface area contributed by atoms with Gasteiger partial charge in [0.1, 0.15) is 6.07 Å². The zero-order valence-electron chi connectivity index (χ0n) is 15.7. The Balaban J connectivity index is 1.48. The molecule has 2 aromatic carbocycles. The average molecular weight is 402 g/mol. The smallest absolute Gasteiger partial charge is 0.369 e. The summed E-state index contributed by atoms with van der Waals surface area (Å²) in [5, 5.41) is 11.8. The van der Waals surface area contributed by atoms with E-state index >= 15 is 0 Å². The summed E-state index contributed by atoms with van der Waals surface area (Å²) in [6.07, 6.45) is -4.07. The highest BCUT2D eigenvalue weighted by molar-refractivity contribution is 5.92. The Bertz CT molecular complexity index is 899. The SMILES string of the molecule is N#Cc1ccccc1NC(=O)CCN1CCN(c2cccc(C(F)(F)F)c2)CC1. The van der Waals surface area contributed by atoms with Crippen molar-refractivity contribution in [3.05, 3.63) is 59.7 Å². The first-order valence-corrected chi connectivity index (χ1v) is 9.30. The Kier molecular flexibility index (Phi) is 6.39. The molecule has 1 amide bonds. The van der Waals surface area contributed by atoms with E-state index < -0.39 is 11.7 Å². The Hall–Kier alpha value is -3.05. The molecular formula is C21H21F3N4O. The summed E-state index contributed by atoms with van der Waals surface area (Å²) in [7, 11) is 0. The van der Waals surface area contributed by atoms with Gasteiger partial charge in [0.05, 0.1) is 16.8 Å². The Morgan fingerprint density at radius 1 is 1.07 bits per heavy atom.